The van der Waals surface area contributed by atoms with Crippen molar-refractivity contribution in [3.8, 4) is 5.69 Å². The number of pyridine rings is 1. The number of aromatic nitrogens is 4. The van der Waals surface area contributed by atoms with Crippen LogP contribution in [0.25, 0.3) is 5.69 Å². The number of rotatable bonds is 3. The minimum Gasteiger partial charge on any atom is -0.318 e. The molecule has 0 saturated heterocycles. The molecule has 1 N–H and O–H groups in total. The molecule has 0 saturated carbocycles. The molecule has 3 aromatic rings. The van der Waals surface area contributed by atoms with Crippen LogP contribution in [0, 0.1) is 12.7 Å². The van der Waals surface area contributed by atoms with Gasteiger partial charge in [-0.1, -0.05) is 0 Å². The maximum atomic E-state index is 13.0. The van der Waals surface area contributed by atoms with Crippen molar-refractivity contribution in [1.29, 1.82) is 0 Å². The topological polar surface area (TPSA) is 72.7 Å². The summed E-state index contributed by atoms with van der Waals surface area (Å²) in [6.07, 6.45) is 3.14. The average molecular weight is 297 g/mol. The monoisotopic (exact) mass is 297 g/mol. The quantitative estimate of drug-likeness (QED) is 0.805. The number of benzene rings is 1. The van der Waals surface area contributed by atoms with Gasteiger partial charge in [0.05, 0.1) is 17.6 Å². The third-order valence-corrected chi connectivity index (χ3v) is 2.96. The molecule has 0 atom stereocenters. The number of anilines is 1. The normalized spacial score (nSPS) is 10.5. The number of nitrogens with zero attached hydrogens (tertiary/aromatic N) is 4. The van der Waals surface area contributed by atoms with Crippen LogP contribution in [-0.4, -0.2) is 25.7 Å². The van der Waals surface area contributed by atoms with Gasteiger partial charge in [-0.2, -0.15) is 0 Å². The summed E-state index contributed by atoms with van der Waals surface area (Å²) in [5, 5.41) is 6.82. The van der Waals surface area contributed by atoms with Crippen molar-refractivity contribution >= 4 is 11.6 Å². The summed E-state index contributed by atoms with van der Waals surface area (Å²) in [6.45, 7) is 1.72. The zero-order valence-corrected chi connectivity index (χ0v) is 11.7. The van der Waals surface area contributed by atoms with E-state index in [0.29, 0.717) is 17.2 Å². The summed E-state index contributed by atoms with van der Waals surface area (Å²) in [7, 11) is 0. The highest BCUT2D eigenvalue weighted by molar-refractivity contribution is 6.01. The number of hydrogen-bond acceptors (Lipinski definition) is 4. The molecule has 0 unspecified atom stereocenters. The predicted molar refractivity (Wildman–Crippen MR) is 78.2 cm³/mol. The third-order valence-electron chi connectivity index (χ3n) is 2.96. The van der Waals surface area contributed by atoms with E-state index in [1.54, 1.807) is 37.4 Å². The molecule has 1 aromatic carbocycles. The predicted octanol–water partition coefficient (Wildman–Crippen LogP) is 2.36. The largest absolute Gasteiger partial charge is 0.318 e. The van der Waals surface area contributed by atoms with Crippen molar-refractivity contribution in [3.05, 3.63) is 66.3 Å². The SMILES string of the molecule is Cc1nc(C(=O)Nc2cccnc2)nn1-c1ccc(F)cc1. The molecule has 22 heavy (non-hydrogen) atoms. The number of amides is 1. The first-order chi connectivity index (χ1) is 10.6. The average Bonchev–Trinajstić information content (AvgIpc) is 2.91. The van der Waals surface area contributed by atoms with Gasteiger partial charge < -0.3 is 5.32 Å². The Morgan fingerprint density at radius 2 is 2.00 bits per heavy atom. The fourth-order valence-electron chi connectivity index (χ4n) is 1.94. The van der Waals surface area contributed by atoms with Crippen molar-refractivity contribution in [1.82, 2.24) is 19.7 Å². The van der Waals surface area contributed by atoms with E-state index in [1.165, 1.54) is 23.0 Å². The van der Waals surface area contributed by atoms with Gasteiger partial charge >= 0.3 is 0 Å². The Hall–Kier alpha value is -3.09. The van der Waals surface area contributed by atoms with Gasteiger partial charge in [-0.3, -0.25) is 9.78 Å². The molecule has 7 heteroatoms. The van der Waals surface area contributed by atoms with Crippen molar-refractivity contribution in [3.63, 3.8) is 0 Å². The first-order valence-electron chi connectivity index (χ1n) is 6.54. The molecule has 6 nitrogen and oxygen atoms in total. The lowest BCUT2D eigenvalue weighted by atomic mass is 10.3. The second-order valence-electron chi connectivity index (χ2n) is 4.57. The van der Waals surface area contributed by atoms with Crippen LogP contribution in [0.1, 0.15) is 16.4 Å². The second kappa shape index (κ2) is 5.72. The van der Waals surface area contributed by atoms with Crippen LogP contribution >= 0.6 is 0 Å². The summed E-state index contributed by atoms with van der Waals surface area (Å²) in [5.41, 5.74) is 1.19. The van der Waals surface area contributed by atoms with Gasteiger partial charge in [0, 0.05) is 6.20 Å². The van der Waals surface area contributed by atoms with E-state index in [4.69, 9.17) is 0 Å². The maximum Gasteiger partial charge on any atom is 0.295 e. The highest BCUT2D eigenvalue weighted by atomic mass is 19.1. The van der Waals surface area contributed by atoms with Gasteiger partial charge in [0.25, 0.3) is 5.91 Å². The van der Waals surface area contributed by atoms with E-state index in [-0.39, 0.29) is 11.6 Å². The first-order valence-corrected chi connectivity index (χ1v) is 6.54. The zero-order valence-electron chi connectivity index (χ0n) is 11.7. The van der Waals surface area contributed by atoms with Crippen LogP contribution in [0.5, 0.6) is 0 Å². The highest BCUT2D eigenvalue weighted by Crippen LogP contribution is 2.11. The smallest absolute Gasteiger partial charge is 0.295 e. The molecule has 1 amide bonds. The lowest BCUT2D eigenvalue weighted by molar-refractivity contribution is 0.101. The fourth-order valence-corrected chi connectivity index (χ4v) is 1.94. The first kappa shape index (κ1) is 13.9. The van der Waals surface area contributed by atoms with Crippen molar-refractivity contribution in [2.75, 3.05) is 5.32 Å². The summed E-state index contributed by atoms with van der Waals surface area (Å²) in [5.74, 6) is -0.207. The molecular weight excluding hydrogens is 285 g/mol. The molecule has 2 aromatic heterocycles. The Kier molecular flexibility index (Phi) is 3.61. The molecule has 0 bridgehead atoms. The lowest BCUT2D eigenvalue weighted by Crippen LogP contribution is -2.14. The zero-order chi connectivity index (χ0) is 15.5. The van der Waals surface area contributed by atoms with Gasteiger partial charge in [0.1, 0.15) is 11.6 Å². The van der Waals surface area contributed by atoms with Crippen LogP contribution in [-0.2, 0) is 0 Å². The second-order valence-corrected chi connectivity index (χ2v) is 4.57. The molecule has 0 spiro atoms. The van der Waals surface area contributed by atoms with Gasteiger partial charge in [-0.15, -0.1) is 5.10 Å². The lowest BCUT2D eigenvalue weighted by Gasteiger charge is -2.02. The van der Waals surface area contributed by atoms with E-state index in [9.17, 15) is 9.18 Å². The van der Waals surface area contributed by atoms with Crippen molar-refractivity contribution in [2.24, 2.45) is 0 Å². The van der Waals surface area contributed by atoms with Gasteiger partial charge in [0.2, 0.25) is 5.82 Å². The van der Waals surface area contributed by atoms with Crippen LogP contribution in [0.2, 0.25) is 0 Å². The maximum absolute atomic E-state index is 13.0. The van der Waals surface area contributed by atoms with Crippen LogP contribution in [0.4, 0.5) is 10.1 Å². The fraction of sp³-hybridized carbons (Fsp3) is 0.0667. The number of carbonyl (C=O) groups excluding carboxylic acids is 1. The Morgan fingerprint density at radius 3 is 2.68 bits per heavy atom. The van der Waals surface area contributed by atoms with E-state index < -0.39 is 5.91 Å². The minimum atomic E-state index is -0.433. The number of aryl methyl sites for hydroxylation is 1. The third kappa shape index (κ3) is 2.83. The number of halogens is 1. The molecule has 2 heterocycles. The summed E-state index contributed by atoms with van der Waals surface area (Å²) >= 11 is 0. The molecule has 0 aliphatic carbocycles. The summed E-state index contributed by atoms with van der Waals surface area (Å²) in [6, 6.07) is 9.22. The molecule has 110 valence electrons. The number of nitrogens with one attached hydrogen (secondary N) is 1. The minimum absolute atomic E-state index is 0.0330. The number of carbonyl (C=O) groups is 1. The van der Waals surface area contributed by atoms with Crippen LogP contribution < -0.4 is 5.32 Å². The van der Waals surface area contributed by atoms with Gasteiger partial charge in [-0.05, 0) is 43.3 Å². The molecule has 3 rings (SSSR count). The standard InChI is InChI=1S/C15H12FN5O/c1-10-18-14(15(22)19-12-3-2-8-17-9-12)20-21(10)13-6-4-11(16)5-7-13/h2-9H,1H3,(H,19,22). The van der Waals surface area contributed by atoms with Crippen LogP contribution in [0.15, 0.2) is 48.8 Å². The molecule has 0 aliphatic heterocycles. The summed E-state index contributed by atoms with van der Waals surface area (Å²) < 4.78 is 14.4. The van der Waals surface area contributed by atoms with Crippen LogP contribution in [0.3, 0.4) is 0 Å². The van der Waals surface area contributed by atoms with E-state index >= 15 is 0 Å². The Morgan fingerprint density at radius 1 is 1.23 bits per heavy atom. The highest BCUT2D eigenvalue weighted by Gasteiger charge is 2.15. The molecule has 0 aliphatic rings. The Labute approximate surface area is 125 Å². The number of hydrogen-bond donors (Lipinski definition) is 1. The van der Waals surface area contributed by atoms with Gasteiger partial charge in [0.15, 0.2) is 0 Å². The van der Waals surface area contributed by atoms with Crippen molar-refractivity contribution in [2.45, 2.75) is 6.92 Å². The van der Waals surface area contributed by atoms with Gasteiger partial charge in [-0.25, -0.2) is 14.1 Å². The molecule has 0 fully saturated rings. The van der Waals surface area contributed by atoms with E-state index in [2.05, 4.69) is 20.4 Å². The van der Waals surface area contributed by atoms with E-state index in [1.807, 2.05) is 0 Å². The summed E-state index contributed by atoms with van der Waals surface area (Å²) in [4.78, 5) is 20.2. The molecular formula is C15H12FN5O. The Balaban J connectivity index is 1.85. The van der Waals surface area contributed by atoms with Crippen molar-refractivity contribution < 1.29 is 9.18 Å². The molecule has 0 radical (unpaired) electrons. The van der Waals surface area contributed by atoms with E-state index in [0.717, 1.165) is 0 Å². The Bertz CT molecular complexity index is 799.